The van der Waals surface area contributed by atoms with Gasteiger partial charge in [0.15, 0.2) is 0 Å². The topological polar surface area (TPSA) is 20.2 Å². The van der Waals surface area contributed by atoms with Crippen LogP contribution in [0.15, 0.2) is 0 Å². The molecule has 0 saturated carbocycles. The minimum Gasteiger partial charge on any atom is -0.390 e. The molecule has 0 aliphatic heterocycles. The van der Waals surface area contributed by atoms with Gasteiger partial charge < -0.3 is 5.11 Å². The summed E-state index contributed by atoms with van der Waals surface area (Å²) in [6, 6.07) is 0. The normalized spacial score (nSPS) is 15.7. The van der Waals surface area contributed by atoms with Crippen molar-refractivity contribution in [1.29, 1.82) is 0 Å². The van der Waals surface area contributed by atoms with Gasteiger partial charge in [0.25, 0.3) is 0 Å². The fourth-order valence-corrected chi connectivity index (χ4v) is 0.786. The van der Waals surface area contributed by atoms with E-state index in [0.29, 0.717) is 5.92 Å². The number of aliphatic hydroxyl groups is 1. The molecule has 0 aliphatic carbocycles. The maximum Gasteiger partial charge on any atom is 0.0617 e. The summed E-state index contributed by atoms with van der Waals surface area (Å²) >= 11 is 0. The standard InChI is InChI=1S/C8H18O/c1-5-6-7(2)8(3,4)9/h7,9H,5-6H2,1-4H3. The Kier molecular flexibility index (Phi) is 3.20. The lowest BCUT2D eigenvalue weighted by Gasteiger charge is -2.25. The maximum atomic E-state index is 9.42. The van der Waals surface area contributed by atoms with Crippen molar-refractivity contribution >= 4 is 0 Å². The molecule has 0 fully saturated rings. The summed E-state index contributed by atoms with van der Waals surface area (Å²) < 4.78 is 0. The largest absolute Gasteiger partial charge is 0.390 e. The molecule has 0 aromatic heterocycles. The lowest BCUT2D eigenvalue weighted by Crippen LogP contribution is -2.28. The van der Waals surface area contributed by atoms with E-state index in [0.717, 1.165) is 12.8 Å². The second kappa shape index (κ2) is 3.21. The zero-order chi connectivity index (χ0) is 7.49. The van der Waals surface area contributed by atoms with Gasteiger partial charge in [0, 0.05) is 0 Å². The Morgan fingerprint density at radius 3 is 2.00 bits per heavy atom. The van der Waals surface area contributed by atoms with E-state index in [1.807, 2.05) is 13.8 Å². The number of rotatable bonds is 3. The second-order valence-corrected chi connectivity index (χ2v) is 3.34. The highest BCUT2D eigenvalue weighted by Crippen LogP contribution is 2.19. The lowest BCUT2D eigenvalue weighted by atomic mass is 9.89. The molecular formula is C8H18O. The van der Waals surface area contributed by atoms with Crippen molar-refractivity contribution in [2.75, 3.05) is 0 Å². The summed E-state index contributed by atoms with van der Waals surface area (Å²) in [4.78, 5) is 0. The predicted octanol–water partition coefficient (Wildman–Crippen LogP) is 2.19. The fraction of sp³-hybridized carbons (Fsp3) is 1.00. The predicted molar refractivity (Wildman–Crippen MR) is 40.4 cm³/mol. The van der Waals surface area contributed by atoms with E-state index in [4.69, 9.17) is 0 Å². The molecule has 9 heavy (non-hydrogen) atoms. The molecule has 0 amide bonds. The highest BCUT2D eigenvalue weighted by Gasteiger charge is 2.20. The second-order valence-electron chi connectivity index (χ2n) is 3.34. The van der Waals surface area contributed by atoms with Gasteiger partial charge in [-0.3, -0.25) is 0 Å². The summed E-state index contributed by atoms with van der Waals surface area (Å²) in [5, 5.41) is 9.42. The van der Waals surface area contributed by atoms with E-state index in [1.54, 1.807) is 0 Å². The zero-order valence-electron chi connectivity index (χ0n) is 6.94. The minimum absolute atomic E-state index is 0.419. The third-order valence-corrected chi connectivity index (χ3v) is 1.93. The molecule has 0 aliphatic rings. The molecule has 0 bridgehead atoms. The maximum absolute atomic E-state index is 9.42. The van der Waals surface area contributed by atoms with Crippen LogP contribution in [0.25, 0.3) is 0 Å². The average molecular weight is 130 g/mol. The number of hydrogen-bond acceptors (Lipinski definition) is 1. The quantitative estimate of drug-likeness (QED) is 0.621. The van der Waals surface area contributed by atoms with Crippen LogP contribution in [0.2, 0.25) is 0 Å². The summed E-state index contributed by atoms with van der Waals surface area (Å²) in [7, 11) is 0. The molecule has 0 saturated heterocycles. The van der Waals surface area contributed by atoms with Crippen molar-refractivity contribution in [2.24, 2.45) is 5.92 Å². The molecule has 1 atom stereocenters. The van der Waals surface area contributed by atoms with Crippen molar-refractivity contribution in [2.45, 2.75) is 46.1 Å². The molecule has 1 nitrogen and oxygen atoms in total. The zero-order valence-corrected chi connectivity index (χ0v) is 6.94. The first-order valence-electron chi connectivity index (χ1n) is 3.70. The summed E-state index contributed by atoms with van der Waals surface area (Å²) in [6.07, 6.45) is 2.27. The van der Waals surface area contributed by atoms with E-state index in [9.17, 15) is 5.11 Å². The van der Waals surface area contributed by atoms with Gasteiger partial charge >= 0.3 is 0 Å². The fourth-order valence-electron chi connectivity index (χ4n) is 0.786. The molecule has 0 rings (SSSR count). The van der Waals surface area contributed by atoms with Gasteiger partial charge in [-0.25, -0.2) is 0 Å². The molecule has 1 N–H and O–H groups in total. The van der Waals surface area contributed by atoms with Crippen molar-refractivity contribution in [3.8, 4) is 0 Å². The first-order chi connectivity index (χ1) is 3.98. The monoisotopic (exact) mass is 130 g/mol. The lowest BCUT2D eigenvalue weighted by molar-refractivity contribution is 0.0211. The van der Waals surface area contributed by atoms with Crippen molar-refractivity contribution < 1.29 is 5.11 Å². The molecule has 0 heterocycles. The van der Waals surface area contributed by atoms with Crippen LogP contribution in [0.3, 0.4) is 0 Å². The van der Waals surface area contributed by atoms with E-state index in [1.165, 1.54) is 0 Å². The van der Waals surface area contributed by atoms with Crippen LogP contribution < -0.4 is 0 Å². The smallest absolute Gasteiger partial charge is 0.0617 e. The molecule has 56 valence electrons. The first kappa shape index (κ1) is 8.96. The molecule has 1 heteroatoms. The van der Waals surface area contributed by atoms with E-state index < -0.39 is 5.60 Å². The van der Waals surface area contributed by atoms with Crippen LogP contribution in [0, 0.1) is 5.92 Å². The highest BCUT2D eigenvalue weighted by atomic mass is 16.3. The van der Waals surface area contributed by atoms with Crippen LogP contribution in [0.1, 0.15) is 40.5 Å². The summed E-state index contributed by atoms with van der Waals surface area (Å²) in [5.41, 5.74) is -0.490. The molecule has 0 aromatic rings. The number of hydrogen-bond donors (Lipinski definition) is 1. The van der Waals surface area contributed by atoms with Crippen LogP contribution in [0.4, 0.5) is 0 Å². The Morgan fingerprint density at radius 2 is 1.89 bits per heavy atom. The third-order valence-electron chi connectivity index (χ3n) is 1.93. The van der Waals surface area contributed by atoms with E-state index in [2.05, 4.69) is 13.8 Å². The van der Waals surface area contributed by atoms with Gasteiger partial charge in [-0.1, -0.05) is 20.3 Å². The first-order valence-corrected chi connectivity index (χ1v) is 3.70. The minimum atomic E-state index is -0.490. The Balaban J connectivity index is 3.59. The van der Waals surface area contributed by atoms with Crippen molar-refractivity contribution in [3.05, 3.63) is 0 Å². The molecular weight excluding hydrogens is 112 g/mol. The van der Waals surface area contributed by atoms with Gasteiger partial charge in [-0.2, -0.15) is 0 Å². The van der Waals surface area contributed by atoms with E-state index >= 15 is 0 Å². The van der Waals surface area contributed by atoms with Gasteiger partial charge in [0.2, 0.25) is 0 Å². The summed E-state index contributed by atoms with van der Waals surface area (Å²) in [6.45, 7) is 7.96. The highest BCUT2D eigenvalue weighted by molar-refractivity contribution is 4.72. The van der Waals surface area contributed by atoms with E-state index in [-0.39, 0.29) is 0 Å². The van der Waals surface area contributed by atoms with Crippen molar-refractivity contribution in [3.63, 3.8) is 0 Å². The van der Waals surface area contributed by atoms with Gasteiger partial charge in [0.1, 0.15) is 0 Å². The Morgan fingerprint density at radius 1 is 1.44 bits per heavy atom. The Labute approximate surface area is 58.1 Å². The average Bonchev–Trinajstić information content (AvgIpc) is 1.64. The molecule has 0 radical (unpaired) electrons. The molecule has 1 unspecified atom stereocenters. The summed E-state index contributed by atoms with van der Waals surface area (Å²) in [5.74, 6) is 0.419. The van der Waals surface area contributed by atoms with Crippen LogP contribution in [-0.4, -0.2) is 10.7 Å². The third kappa shape index (κ3) is 3.52. The van der Waals surface area contributed by atoms with Crippen LogP contribution in [0.5, 0.6) is 0 Å². The van der Waals surface area contributed by atoms with Gasteiger partial charge in [0.05, 0.1) is 5.60 Å². The van der Waals surface area contributed by atoms with Crippen LogP contribution in [-0.2, 0) is 0 Å². The van der Waals surface area contributed by atoms with Gasteiger partial charge in [-0.15, -0.1) is 0 Å². The van der Waals surface area contributed by atoms with Crippen molar-refractivity contribution in [1.82, 2.24) is 0 Å². The molecule has 0 spiro atoms. The Bertz CT molecular complexity index is 71.1. The van der Waals surface area contributed by atoms with Gasteiger partial charge in [-0.05, 0) is 26.2 Å². The molecule has 0 aromatic carbocycles. The van der Waals surface area contributed by atoms with Crippen LogP contribution >= 0.6 is 0 Å². The SMILES string of the molecule is CCCC(C)C(C)(C)O. The Hall–Kier alpha value is -0.0400.